The van der Waals surface area contributed by atoms with E-state index in [4.69, 9.17) is 16.4 Å². The molecule has 0 spiro atoms. The number of nitrogens with zero attached hydrogens (tertiary/aromatic N) is 2. The second kappa shape index (κ2) is 9.30. The Labute approximate surface area is 170 Å². The standard InChI is InChI=1S/C22H24N4OS/c1-16-13-14-20(27-2)19(15-16)26(24)22(25-23)28-21(17-9-5-3-6-10-17)18-11-7-4-8-12-18/h3-15,21H,23-24H2,1-2H3/b25-22+. The summed E-state index contributed by atoms with van der Waals surface area (Å²) < 4.78 is 5.46. The van der Waals surface area contributed by atoms with Crippen LogP contribution in [0.15, 0.2) is 84.0 Å². The summed E-state index contributed by atoms with van der Waals surface area (Å²) in [5.74, 6) is 12.8. The van der Waals surface area contributed by atoms with Crippen LogP contribution in [0, 0.1) is 6.92 Å². The van der Waals surface area contributed by atoms with Crippen LogP contribution in [0.2, 0.25) is 0 Å². The van der Waals surface area contributed by atoms with Gasteiger partial charge in [0.2, 0.25) is 5.17 Å². The summed E-state index contributed by atoms with van der Waals surface area (Å²) in [5.41, 5.74) is 4.06. The first kappa shape index (κ1) is 19.8. The van der Waals surface area contributed by atoms with E-state index in [-0.39, 0.29) is 5.25 Å². The Morgan fingerprint density at radius 3 is 2.04 bits per heavy atom. The molecule has 0 heterocycles. The van der Waals surface area contributed by atoms with Gasteiger partial charge in [-0.25, -0.2) is 5.84 Å². The lowest BCUT2D eigenvalue weighted by molar-refractivity contribution is 0.415. The molecule has 144 valence electrons. The van der Waals surface area contributed by atoms with E-state index >= 15 is 0 Å². The third kappa shape index (κ3) is 4.47. The molecule has 0 saturated heterocycles. The second-order valence-corrected chi connectivity index (χ2v) is 7.35. The third-order valence-corrected chi connectivity index (χ3v) is 5.63. The maximum absolute atomic E-state index is 6.42. The first-order valence-electron chi connectivity index (χ1n) is 8.88. The van der Waals surface area contributed by atoms with Gasteiger partial charge in [-0.1, -0.05) is 78.5 Å². The van der Waals surface area contributed by atoms with E-state index < -0.39 is 0 Å². The van der Waals surface area contributed by atoms with Gasteiger partial charge in [-0.3, -0.25) is 5.01 Å². The highest BCUT2D eigenvalue weighted by atomic mass is 32.2. The molecule has 0 atom stereocenters. The number of amidine groups is 1. The van der Waals surface area contributed by atoms with Crippen molar-refractivity contribution in [1.82, 2.24) is 0 Å². The molecule has 4 N–H and O–H groups in total. The number of anilines is 1. The number of ether oxygens (including phenoxy) is 1. The van der Waals surface area contributed by atoms with Gasteiger partial charge in [0.05, 0.1) is 12.4 Å². The van der Waals surface area contributed by atoms with Crippen LogP contribution in [0.4, 0.5) is 5.69 Å². The van der Waals surface area contributed by atoms with Crippen molar-refractivity contribution in [3.63, 3.8) is 0 Å². The van der Waals surface area contributed by atoms with Crippen LogP contribution in [0.3, 0.4) is 0 Å². The van der Waals surface area contributed by atoms with Gasteiger partial charge in [0.25, 0.3) is 0 Å². The van der Waals surface area contributed by atoms with E-state index in [0.717, 1.165) is 16.7 Å². The van der Waals surface area contributed by atoms with E-state index in [0.29, 0.717) is 16.6 Å². The number of rotatable bonds is 5. The van der Waals surface area contributed by atoms with Gasteiger partial charge in [0.1, 0.15) is 11.4 Å². The molecule has 0 aliphatic carbocycles. The van der Waals surface area contributed by atoms with Gasteiger partial charge in [-0.15, -0.1) is 0 Å². The highest BCUT2D eigenvalue weighted by molar-refractivity contribution is 8.14. The lowest BCUT2D eigenvalue weighted by Crippen LogP contribution is -2.37. The van der Waals surface area contributed by atoms with E-state index in [1.807, 2.05) is 61.5 Å². The fraction of sp³-hybridized carbons (Fsp3) is 0.136. The Kier molecular flexibility index (Phi) is 6.57. The minimum atomic E-state index is -0.00782. The molecular weight excluding hydrogens is 368 g/mol. The van der Waals surface area contributed by atoms with Crippen LogP contribution in [0.25, 0.3) is 0 Å². The predicted octanol–water partition coefficient (Wildman–Crippen LogP) is 4.44. The Morgan fingerprint density at radius 2 is 1.54 bits per heavy atom. The molecule has 0 aliphatic heterocycles. The molecule has 28 heavy (non-hydrogen) atoms. The number of aryl methyl sites for hydroxylation is 1. The number of thioether (sulfide) groups is 1. The largest absolute Gasteiger partial charge is 0.495 e. The van der Waals surface area contributed by atoms with Crippen molar-refractivity contribution < 1.29 is 4.74 Å². The van der Waals surface area contributed by atoms with E-state index in [1.54, 1.807) is 7.11 Å². The van der Waals surface area contributed by atoms with Gasteiger partial charge >= 0.3 is 0 Å². The number of methoxy groups -OCH3 is 1. The molecule has 6 heteroatoms. The summed E-state index contributed by atoms with van der Waals surface area (Å²) in [7, 11) is 1.62. The Bertz CT molecular complexity index is 892. The van der Waals surface area contributed by atoms with E-state index in [9.17, 15) is 0 Å². The van der Waals surface area contributed by atoms with Crippen LogP contribution in [0.5, 0.6) is 5.75 Å². The molecule has 5 nitrogen and oxygen atoms in total. The van der Waals surface area contributed by atoms with Crippen LogP contribution in [-0.4, -0.2) is 12.3 Å². The van der Waals surface area contributed by atoms with Crippen LogP contribution in [0.1, 0.15) is 21.9 Å². The second-order valence-electron chi connectivity index (χ2n) is 6.28. The summed E-state index contributed by atoms with van der Waals surface area (Å²) in [6, 6.07) is 26.3. The molecule has 0 aliphatic rings. The van der Waals surface area contributed by atoms with Gasteiger partial charge < -0.3 is 10.6 Å². The smallest absolute Gasteiger partial charge is 0.202 e. The van der Waals surface area contributed by atoms with E-state index in [2.05, 4.69) is 29.4 Å². The number of nitrogens with two attached hydrogens (primary N) is 2. The molecule has 0 unspecified atom stereocenters. The Hall–Kier alpha value is -2.96. The van der Waals surface area contributed by atoms with Crippen molar-refractivity contribution in [2.24, 2.45) is 16.8 Å². The van der Waals surface area contributed by atoms with Gasteiger partial charge in [0, 0.05) is 0 Å². The van der Waals surface area contributed by atoms with Crippen molar-refractivity contribution in [2.75, 3.05) is 12.1 Å². The summed E-state index contributed by atoms with van der Waals surface area (Å²) >= 11 is 1.49. The number of hydrazine groups is 1. The zero-order valence-corrected chi connectivity index (χ0v) is 16.8. The van der Waals surface area contributed by atoms with Crippen molar-refractivity contribution in [2.45, 2.75) is 12.2 Å². The topological polar surface area (TPSA) is 76.9 Å². The van der Waals surface area contributed by atoms with Crippen LogP contribution in [-0.2, 0) is 0 Å². The normalized spacial score (nSPS) is 11.5. The zero-order chi connectivity index (χ0) is 19.9. The Balaban J connectivity index is 1.96. The minimum absolute atomic E-state index is 0.00782. The SMILES string of the molecule is COc1ccc(C)cc1N(N)/C(=N\N)SC(c1ccccc1)c1ccccc1. The highest BCUT2D eigenvalue weighted by Crippen LogP contribution is 2.38. The number of hydrogen-bond acceptors (Lipinski definition) is 5. The molecule has 3 aromatic rings. The summed E-state index contributed by atoms with van der Waals surface area (Å²) in [6.45, 7) is 2.00. The lowest BCUT2D eigenvalue weighted by atomic mass is 10.0. The van der Waals surface area contributed by atoms with Gasteiger partial charge in [-0.05, 0) is 35.7 Å². The predicted molar refractivity (Wildman–Crippen MR) is 118 cm³/mol. The monoisotopic (exact) mass is 392 g/mol. The molecule has 0 fully saturated rings. The molecule has 0 aromatic heterocycles. The molecule has 0 amide bonds. The van der Waals surface area contributed by atoms with Crippen LogP contribution < -0.4 is 21.4 Å². The molecular formula is C22H24N4OS. The average molecular weight is 393 g/mol. The fourth-order valence-corrected chi connectivity index (χ4v) is 4.00. The number of benzene rings is 3. The molecule has 3 rings (SSSR count). The highest BCUT2D eigenvalue weighted by Gasteiger charge is 2.22. The molecule has 3 aromatic carbocycles. The quantitative estimate of drug-likeness (QED) is 0.291. The fourth-order valence-electron chi connectivity index (χ4n) is 2.93. The Morgan fingerprint density at radius 1 is 0.964 bits per heavy atom. The van der Waals surface area contributed by atoms with Crippen LogP contribution >= 0.6 is 11.8 Å². The first-order chi connectivity index (χ1) is 13.6. The summed E-state index contributed by atoms with van der Waals surface area (Å²) in [5, 5.41) is 5.95. The lowest BCUT2D eigenvalue weighted by Gasteiger charge is -2.25. The van der Waals surface area contributed by atoms with Gasteiger partial charge in [0.15, 0.2) is 0 Å². The van der Waals surface area contributed by atoms with Gasteiger partial charge in [-0.2, -0.15) is 5.10 Å². The summed E-state index contributed by atoms with van der Waals surface area (Å²) in [6.07, 6.45) is 0. The zero-order valence-electron chi connectivity index (χ0n) is 15.9. The van der Waals surface area contributed by atoms with Crippen molar-refractivity contribution in [3.05, 3.63) is 95.6 Å². The average Bonchev–Trinajstić information content (AvgIpc) is 2.75. The van der Waals surface area contributed by atoms with Crippen molar-refractivity contribution in [3.8, 4) is 5.75 Å². The number of hydrogen-bond donors (Lipinski definition) is 2. The molecule has 0 bridgehead atoms. The third-order valence-electron chi connectivity index (χ3n) is 4.34. The first-order valence-corrected chi connectivity index (χ1v) is 9.76. The summed E-state index contributed by atoms with van der Waals surface area (Å²) in [4.78, 5) is 0. The minimum Gasteiger partial charge on any atom is -0.495 e. The van der Waals surface area contributed by atoms with E-state index in [1.165, 1.54) is 16.8 Å². The molecule has 0 radical (unpaired) electrons. The van der Waals surface area contributed by atoms with Crippen molar-refractivity contribution in [1.29, 1.82) is 0 Å². The number of hydrazone groups is 1. The molecule has 0 saturated carbocycles. The maximum Gasteiger partial charge on any atom is 0.202 e. The van der Waals surface area contributed by atoms with Crippen molar-refractivity contribution >= 4 is 22.6 Å². The maximum atomic E-state index is 6.42.